The summed E-state index contributed by atoms with van der Waals surface area (Å²) in [6, 6.07) is 1.00. The number of hydrogen-bond acceptors (Lipinski definition) is 5. The van der Waals surface area contributed by atoms with Gasteiger partial charge in [-0.05, 0) is 25.5 Å². The van der Waals surface area contributed by atoms with Crippen LogP contribution in [0.1, 0.15) is 29.1 Å². The molecule has 9 heteroatoms. The van der Waals surface area contributed by atoms with Gasteiger partial charge in [-0.15, -0.1) is 10.2 Å². The number of aryl methyl sites for hydroxylation is 1. The Morgan fingerprint density at radius 2 is 2.00 bits per heavy atom. The zero-order chi connectivity index (χ0) is 14.9. The number of nitrogens with zero attached hydrogens (tertiary/aromatic N) is 3. The van der Waals surface area contributed by atoms with Gasteiger partial charge in [0.1, 0.15) is 0 Å². The number of hydrogen-bond donors (Lipinski definition) is 1. The van der Waals surface area contributed by atoms with Crippen molar-refractivity contribution in [3.05, 3.63) is 34.3 Å². The number of pyridine rings is 1. The Labute approximate surface area is 115 Å². The van der Waals surface area contributed by atoms with Crippen molar-refractivity contribution in [3.8, 4) is 0 Å². The zero-order valence-corrected chi connectivity index (χ0v) is 11.3. The molecule has 0 aromatic carbocycles. The van der Waals surface area contributed by atoms with E-state index in [1.54, 1.807) is 19.9 Å². The lowest BCUT2D eigenvalue weighted by atomic mass is 10.1. The molecular weight excluding hydrogens is 296 g/mol. The van der Waals surface area contributed by atoms with E-state index in [-0.39, 0.29) is 10.7 Å². The summed E-state index contributed by atoms with van der Waals surface area (Å²) >= 11 is 0.372. The van der Waals surface area contributed by atoms with Crippen molar-refractivity contribution < 1.29 is 17.6 Å². The number of halogens is 4. The fourth-order valence-electron chi connectivity index (χ4n) is 1.54. The first-order chi connectivity index (χ1) is 9.27. The molecule has 108 valence electrons. The van der Waals surface area contributed by atoms with Crippen LogP contribution in [0, 0.1) is 12.9 Å². The van der Waals surface area contributed by atoms with Gasteiger partial charge < -0.3 is 5.32 Å². The molecule has 1 atom stereocenters. The summed E-state index contributed by atoms with van der Waals surface area (Å²) in [6.07, 6.45) is -3.16. The minimum Gasteiger partial charge on any atom is -0.353 e. The molecule has 2 heterocycles. The maximum absolute atomic E-state index is 13.6. The smallest absolute Gasteiger partial charge is 0.353 e. The lowest BCUT2D eigenvalue weighted by molar-refractivity contribution is -0.138. The van der Waals surface area contributed by atoms with Crippen LogP contribution in [-0.4, -0.2) is 15.2 Å². The standard InChI is InChI=1S/C11H10F4N4S/c1-5-3-7(8(12)16-4-5)6(2)17-10-19-18-9(20-10)11(13,14)15/h3-4,6H,1-2H3,(H,17,19). The SMILES string of the molecule is Cc1cnc(F)c(C(C)Nc2nnc(C(F)(F)F)s2)c1. The molecule has 0 radical (unpaired) electrons. The Bertz CT molecular complexity index is 611. The van der Waals surface area contributed by atoms with Crippen molar-refractivity contribution in [1.29, 1.82) is 0 Å². The molecule has 2 rings (SSSR count). The summed E-state index contributed by atoms with van der Waals surface area (Å²) in [5, 5.41) is 8.06. The average molecular weight is 306 g/mol. The molecule has 4 nitrogen and oxygen atoms in total. The Kier molecular flexibility index (Phi) is 3.89. The van der Waals surface area contributed by atoms with E-state index < -0.39 is 23.2 Å². The third-order valence-corrected chi connectivity index (χ3v) is 3.38. The van der Waals surface area contributed by atoms with Crippen LogP contribution in [0.5, 0.6) is 0 Å². The van der Waals surface area contributed by atoms with Gasteiger partial charge in [0.05, 0.1) is 6.04 Å². The van der Waals surface area contributed by atoms with Crippen LogP contribution in [0.25, 0.3) is 0 Å². The third kappa shape index (κ3) is 3.21. The van der Waals surface area contributed by atoms with Gasteiger partial charge in [-0.3, -0.25) is 0 Å². The van der Waals surface area contributed by atoms with E-state index in [4.69, 9.17) is 0 Å². The monoisotopic (exact) mass is 306 g/mol. The second-order valence-electron chi connectivity index (χ2n) is 4.17. The quantitative estimate of drug-likeness (QED) is 0.695. The summed E-state index contributed by atoms with van der Waals surface area (Å²) in [4.78, 5) is 3.57. The molecule has 2 aromatic rings. The molecule has 20 heavy (non-hydrogen) atoms. The highest BCUT2D eigenvalue weighted by atomic mass is 32.1. The van der Waals surface area contributed by atoms with Gasteiger partial charge in [-0.25, -0.2) is 4.98 Å². The largest absolute Gasteiger partial charge is 0.445 e. The third-order valence-electron chi connectivity index (χ3n) is 2.48. The van der Waals surface area contributed by atoms with Crippen LogP contribution in [0.15, 0.2) is 12.3 Å². The molecule has 0 bridgehead atoms. The Morgan fingerprint density at radius 1 is 1.30 bits per heavy atom. The summed E-state index contributed by atoms with van der Waals surface area (Å²) in [7, 11) is 0. The van der Waals surface area contributed by atoms with E-state index in [0.29, 0.717) is 11.3 Å². The van der Waals surface area contributed by atoms with Gasteiger partial charge in [-0.1, -0.05) is 11.3 Å². The topological polar surface area (TPSA) is 50.7 Å². The fourth-order valence-corrected chi connectivity index (χ4v) is 2.24. The molecule has 0 aliphatic heterocycles. The molecule has 1 unspecified atom stereocenters. The number of nitrogens with one attached hydrogen (secondary N) is 1. The minimum absolute atomic E-state index is 0.0225. The van der Waals surface area contributed by atoms with E-state index in [2.05, 4.69) is 20.5 Å². The summed E-state index contributed by atoms with van der Waals surface area (Å²) in [5.74, 6) is -0.670. The van der Waals surface area contributed by atoms with E-state index in [1.165, 1.54) is 6.20 Å². The zero-order valence-electron chi connectivity index (χ0n) is 10.5. The van der Waals surface area contributed by atoms with E-state index in [1.807, 2.05) is 0 Å². The van der Waals surface area contributed by atoms with Crippen molar-refractivity contribution in [2.24, 2.45) is 0 Å². The highest BCUT2D eigenvalue weighted by molar-refractivity contribution is 7.15. The molecule has 0 fully saturated rings. The molecule has 0 saturated carbocycles. The summed E-state index contributed by atoms with van der Waals surface area (Å²) in [6.45, 7) is 3.35. The first-order valence-electron chi connectivity index (χ1n) is 5.56. The molecule has 0 amide bonds. The Hall–Kier alpha value is -1.77. The highest BCUT2D eigenvalue weighted by Gasteiger charge is 2.35. The van der Waals surface area contributed by atoms with Crippen LogP contribution >= 0.6 is 11.3 Å². The van der Waals surface area contributed by atoms with Gasteiger partial charge in [0.15, 0.2) is 0 Å². The molecule has 1 N–H and O–H groups in total. The first kappa shape index (κ1) is 14.6. The van der Waals surface area contributed by atoms with Gasteiger partial charge >= 0.3 is 6.18 Å². The van der Waals surface area contributed by atoms with Gasteiger partial charge in [0.25, 0.3) is 0 Å². The molecule has 0 aliphatic carbocycles. The van der Waals surface area contributed by atoms with Crippen molar-refractivity contribution in [2.45, 2.75) is 26.1 Å². The Balaban J connectivity index is 2.17. The van der Waals surface area contributed by atoms with E-state index >= 15 is 0 Å². The number of alkyl halides is 3. The van der Waals surface area contributed by atoms with Gasteiger partial charge in [0, 0.05) is 11.8 Å². The summed E-state index contributed by atoms with van der Waals surface area (Å²) < 4.78 is 50.7. The number of anilines is 1. The van der Waals surface area contributed by atoms with Crippen LogP contribution in [0.4, 0.5) is 22.7 Å². The normalized spacial score (nSPS) is 13.3. The molecule has 2 aromatic heterocycles. The maximum atomic E-state index is 13.6. The van der Waals surface area contributed by atoms with Crippen LogP contribution in [0.2, 0.25) is 0 Å². The fraction of sp³-hybridized carbons (Fsp3) is 0.364. The predicted octanol–water partition coefficient (Wildman–Crippen LogP) is 3.57. The highest BCUT2D eigenvalue weighted by Crippen LogP contribution is 2.34. The molecule has 0 saturated heterocycles. The van der Waals surface area contributed by atoms with E-state index in [0.717, 1.165) is 5.56 Å². The molecule has 0 spiro atoms. The van der Waals surface area contributed by atoms with Crippen molar-refractivity contribution in [3.63, 3.8) is 0 Å². The Morgan fingerprint density at radius 3 is 2.60 bits per heavy atom. The number of aromatic nitrogens is 3. The van der Waals surface area contributed by atoms with Crippen LogP contribution in [-0.2, 0) is 6.18 Å². The van der Waals surface area contributed by atoms with Crippen LogP contribution in [0.3, 0.4) is 0 Å². The maximum Gasteiger partial charge on any atom is 0.445 e. The van der Waals surface area contributed by atoms with Crippen LogP contribution < -0.4 is 5.32 Å². The van der Waals surface area contributed by atoms with Crippen molar-refractivity contribution in [2.75, 3.05) is 5.32 Å². The van der Waals surface area contributed by atoms with Crippen molar-refractivity contribution >= 4 is 16.5 Å². The van der Waals surface area contributed by atoms with Gasteiger partial charge in [-0.2, -0.15) is 17.6 Å². The first-order valence-corrected chi connectivity index (χ1v) is 6.38. The van der Waals surface area contributed by atoms with Gasteiger partial charge in [0.2, 0.25) is 16.1 Å². The second-order valence-corrected chi connectivity index (χ2v) is 5.15. The van der Waals surface area contributed by atoms with Crippen molar-refractivity contribution in [1.82, 2.24) is 15.2 Å². The lowest BCUT2D eigenvalue weighted by Crippen LogP contribution is -2.09. The lowest BCUT2D eigenvalue weighted by Gasteiger charge is -2.13. The predicted molar refractivity (Wildman–Crippen MR) is 65.9 cm³/mol. The van der Waals surface area contributed by atoms with E-state index in [9.17, 15) is 17.6 Å². The number of rotatable bonds is 3. The molecule has 0 aliphatic rings. The average Bonchev–Trinajstić information content (AvgIpc) is 2.80. The molecular formula is C11H10F4N4S. The summed E-state index contributed by atoms with van der Waals surface area (Å²) in [5.41, 5.74) is 1.01. The second kappa shape index (κ2) is 5.31. The minimum atomic E-state index is -4.53.